The molecule has 1 atom stereocenters. The van der Waals surface area contributed by atoms with Crippen LogP contribution in [0.25, 0.3) is 0 Å². The summed E-state index contributed by atoms with van der Waals surface area (Å²) >= 11 is 0. The minimum Gasteiger partial charge on any atom is -0.345 e. The second kappa shape index (κ2) is 5.72. The number of carbonyl (C=O) groups is 1. The molecule has 7 heteroatoms. The standard InChI is InChI=1S/C14H14F3N3O/c1-9(21)11-4-2-3-7-20(11)13-10(8-18)5-6-12(19-13)14(15,16)17/h5-6,11H,2-4,7H2,1H3. The van der Waals surface area contributed by atoms with Crippen LogP contribution in [0.4, 0.5) is 19.0 Å². The van der Waals surface area contributed by atoms with Crippen LogP contribution in [0.3, 0.4) is 0 Å². The van der Waals surface area contributed by atoms with E-state index in [2.05, 4.69) is 4.98 Å². The monoisotopic (exact) mass is 297 g/mol. The molecule has 1 aromatic rings. The Labute approximate surface area is 120 Å². The number of hydrogen-bond donors (Lipinski definition) is 0. The lowest BCUT2D eigenvalue weighted by atomic mass is 9.98. The van der Waals surface area contributed by atoms with Crippen LogP contribution in [0.15, 0.2) is 12.1 Å². The molecule has 0 N–H and O–H groups in total. The maximum Gasteiger partial charge on any atom is 0.433 e. The van der Waals surface area contributed by atoms with Crippen molar-refractivity contribution in [1.29, 1.82) is 5.26 Å². The molecule has 1 aromatic heterocycles. The number of anilines is 1. The molecule has 1 fully saturated rings. The van der Waals surface area contributed by atoms with E-state index in [1.165, 1.54) is 11.8 Å². The van der Waals surface area contributed by atoms with Crippen LogP contribution in [0.5, 0.6) is 0 Å². The average Bonchev–Trinajstić information content (AvgIpc) is 2.45. The highest BCUT2D eigenvalue weighted by Gasteiger charge is 2.35. The number of rotatable bonds is 2. The van der Waals surface area contributed by atoms with E-state index in [0.29, 0.717) is 13.0 Å². The molecule has 1 aliphatic rings. The summed E-state index contributed by atoms with van der Waals surface area (Å²) in [7, 11) is 0. The number of alkyl halides is 3. The van der Waals surface area contributed by atoms with Crippen molar-refractivity contribution >= 4 is 11.6 Å². The fourth-order valence-electron chi connectivity index (χ4n) is 2.52. The Balaban J connectivity index is 2.49. The van der Waals surface area contributed by atoms with Gasteiger partial charge in [0.2, 0.25) is 0 Å². The Hall–Kier alpha value is -2.10. The number of Topliss-reactive ketones (excluding diaryl/α,β-unsaturated/α-hetero) is 1. The van der Waals surface area contributed by atoms with Crippen LogP contribution in [0, 0.1) is 11.3 Å². The molecule has 0 radical (unpaired) electrons. The quantitative estimate of drug-likeness (QED) is 0.842. The van der Waals surface area contributed by atoms with Crippen molar-refractivity contribution in [3.63, 3.8) is 0 Å². The fraction of sp³-hybridized carbons (Fsp3) is 0.500. The zero-order valence-electron chi connectivity index (χ0n) is 11.4. The van der Waals surface area contributed by atoms with Gasteiger partial charge in [0.15, 0.2) is 5.78 Å². The van der Waals surface area contributed by atoms with E-state index < -0.39 is 17.9 Å². The summed E-state index contributed by atoms with van der Waals surface area (Å²) in [6, 6.07) is 3.23. The molecule has 0 bridgehead atoms. The third kappa shape index (κ3) is 3.15. The number of halogens is 3. The van der Waals surface area contributed by atoms with Crippen LogP contribution >= 0.6 is 0 Å². The topological polar surface area (TPSA) is 57.0 Å². The van der Waals surface area contributed by atoms with Crippen molar-refractivity contribution in [3.8, 4) is 6.07 Å². The van der Waals surface area contributed by atoms with Gasteiger partial charge >= 0.3 is 6.18 Å². The van der Waals surface area contributed by atoms with Crippen LogP contribution in [0.2, 0.25) is 0 Å². The van der Waals surface area contributed by atoms with Crippen molar-refractivity contribution in [3.05, 3.63) is 23.4 Å². The number of nitriles is 1. The normalized spacial score (nSPS) is 19.2. The summed E-state index contributed by atoms with van der Waals surface area (Å²) in [5.41, 5.74) is -1.000. The van der Waals surface area contributed by atoms with E-state index in [-0.39, 0.29) is 17.2 Å². The first-order valence-electron chi connectivity index (χ1n) is 6.60. The Kier molecular flexibility index (Phi) is 4.16. The lowest BCUT2D eigenvalue weighted by Gasteiger charge is -2.35. The number of ketones is 1. The minimum atomic E-state index is -4.58. The smallest absolute Gasteiger partial charge is 0.345 e. The first-order chi connectivity index (χ1) is 9.84. The van der Waals surface area contributed by atoms with Crippen LogP contribution in [-0.2, 0) is 11.0 Å². The third-order valence-electron chi connectivity index (χ3n) is 3.53. The molecule has 0 saturated carbocycles. The summed E-state index contributed by atoms with van der Waals surface area (Å²) in [4.78, 5) is 16.8. The van der Waals surface area contributed by atoms with E-state index >= 15 is 0 Å². The van der Waals surface area contributed by atoms with Gasteiger partial charge in [-0.05, 0) is 38.3 Å². The molecule has 1 unspecified atom stereocenters. The molecule has 2 rings (SSSR count). The van der Waals surface area contributed by atoms with Gasteiger partial charge in [-0.1, -0.05) is 0 Å². The largest absolute Gasteiger partial charge is 0.433 e. The molecular weight excluding hydrogens is 283 g/mol. The number of nitrogens with zero attached hydrogens (tertiary/aromatic N) is 3. The van der Waals surface area contributed by atoms with Gasteiger partial charge in [-0.2, -0.15) is 18.4 Å². The second-order valence-electron chi connectivity index (χ2n) is 4.99. The van der Waals surface area contributed by atoms with Crippen molar-refractivity contribution in [2.45, 2.75) is 38.4 Å². The van der Waals surface area contributed by atoms with E-state index in [9.17, 15) is 18.0 Å². The number of pyridine rings is 1. The lowest BCUT2D eigenvalue weighted by Crippen LogP contribution is -2.45. The SMILES string of the molecule is CC(=O)C1CCCCN1c1nc(C(F)(F)F)ccc1C#N. The fourth-order valence-corrected chi connectivity index (χ4v) is 2.52. The summed E-state index contributed by atoms with van der Waals surface area (Å²) in [5.74, 6) is -0.176. The van der Waals surface area contributed by atoms with Crippen molar-refractivity contribution < 1.29 is 18.0 Å². The number of carbonyl (C=O) groups excluding carboxylic acids is 1. The molecule has 2 heterocycles. The summed E-state index contributed by atoms with van der Waals surface area (Å²) in [5, 5.41) is 9.08. The number of aromatic nitrogens is 1. The van der Waals surface area contributed by atoms with Gasteiger partial charge in [-0.25, -0.2) is 4.98 Å². The first kappa shape index (κ1) is 15.3. The van der Waals surface area contributed by atoms with Crippen molar-refractivity contribution in [2.24, 2.45) is 0 Å². The molecular formula is C14H14F3N3O. The Morgan fingerprint density at radius 3 is 2.71 bits per heavy atom. The summed E-state index contributed by atoms with van der Waals surface area (Å²) < 4.78 is 38.4. The van der Waals surface area contributed by atoms with Gasteiger partial charge < -0.3 is 4.90 Å². The van der Waals surface area contributed by atoms with Crippen molar-refractivity contribution in [2.75, 3.05) is 11.4 Å². The van der Waals surface area contributed by atoms with Crippen LogP contribution in [0.1, 0.15) is 37.4 Å². The molecule has 0 aromatic carbocycles. The highest BCUT2D eigenvalue weighted by Crippen LogP contribution is 2.32. The average molecular weight is 297 g/mol. The van der Waals surface area contributed by atoms with E-state index in [0.717, 1.165) is 25.0 Å². The highest BCUT2D eigenvalue weighted by atomic mass is 19.4. The van der Waals surface area contributed by atoms with Gasteiger partial charge in [0.1, 0.15) is 17.6 Å². The predicted octanol–water partition coefficient (Wildman–Crippen LogP) is 2.92. The second-order valence-corrected chi connectivity index (χ2v) is 4.99. The van der Waals surface area contributed by atoms with E-state index in [4.69, 9.17) is 5.26 Å². The van der Waals surface area contributed by atoms with Crippen molar-refractivity contribution in [1.82, 2.24) is 4.98 Å². The molecule has 112 valence electrons. The molecule has 1 saturated heterocycles. The van der Waals surface area contributed by atoms with E-state index in [1.54, 1.807) is 0 Å². The van der Waals surface area contributed by atoms with Gasteiger partial charge in [-0.15, -0.1) is 0 Å². The zero-order valence-corrected chi connectivity index (χ0v) is 11.4. The number of hydrogen-bond acceptors (Lipinski definition) is 4. The predicted molar refractivity (Wildman–Crippen MR) is 69.6 cm³/mol. The Morgan fingerprint density at radius 1 is 1.43 bits per heavy atom. The maximum atomic E-state index is 12.8. The molecule has 21 heavy (non-hydrogen) atoms. The zero-order chi connectivity index (χ0) is 15.6. The lowest BCUT2D eigenvalue weighted by molar-refractivity contribution is -0.141. The summed E-state index contributed by atoms with van der Waals surface area (Å²) in [6.07, 6.45) is -2.42. The molecule has 1 aliphatic heterocycles. The maximum absolute atomic E-state index is 12.8. The van der Waals surface area contributed by atoms with Gasteiger partial charge in [-0.3, -0.25) is 4.79 Å². The van der Waals surface area contributed by atoms with E-state index in [1.807, 2.05) is 6.07 Å². The Morgan fingerprint density at radius 2 is 2.14 bits per heavy atom. The molecule has 0 aliphatic carbocycles. The minimum absolute atomic E-state index is 0.0489. The Bertz CT molecular complexity index is 592. The first-order valence-corrected chi connectivity index (χ1v) is 6.60. The van der Waals surface area contributed by atoms with Crippen LogP contribution in [-0.4, -0.2) is 23.4 Å². The summed E-state index contributed by atoms with van der Waals surface area (Å²) in [6.45, 7) is 1.83. The van der Waals surface area contributed by atoms with Gasteiger partial charge in [0, 0.05) is 6.54 Å². The van der Waals surface area contributed by atoms with Gasteiger partial charge in [0.05, 0.1) is 11.6 Å². The highest BCUT2D eigenvalue weighted by molar-refractivity contribution is 5.85. The molecule has 0 amide bonds. The molecule has 4 nitrogen and oxygen atoms in total. The number of piperidine rings is 1. The molecule has 0 spiro atoms. The third-order valence-corrected chi connectivity index (χ3v) is 3.53. The van der Waals surface area contributed by atoms with Crippen LogP contribution < -0.4 is 4.90 Å². The van der Waals surface area contributed by atoms with Gasteiger partial charge in [0.25, 0.3) is 0 Å².